The van der Waals surface area contributed by atoms with Gasteiger partial charge >= 0.3 is 0 Å². The Balaban J connectivity index is 1.68. The maximum atomic E-state index is 12.8. The van der Waals surface area contributed by atoms with Crippen molar-refractivity contribution in [2.75, 3.05) is 31.6 Å². The van der Waals surface area contributed by atoms with Crippen LogP contribution >= 0.6 is 11.6 Å². The predicted octanol–water partition coefficient (Wildman–Crippen LogP) is 3.22. The van der Waals surface area contributed by atoms with Gasteiger partial charge in [0.25, 0.3) is 11.8 Å². The number of anilines is 1. The molecule has 0 bridgehead atoms. The molecule has 142 valence electrons. The molecule has 1 saturated heterocycles. The Morgan fingerprint density at radius 3 is 2.48 bits per heavy atom. The van der Waals surface area contributed by atoms with Crippen LogP contribution in [0.4, 0.5) is 5.69 Å². The second-order valence-electron chi connectivity index (χ2n) is 6.15. The first-order chi connectivity index (χ1) is 13.0. The second kappa shape index (κ2) is 8.88. The first-order valence-electron chi connectivity index (χ1n) is 8.74. The van der Waals surface area contributed by atoms with Gasteiger partial charge in [-0.3, -0.25) is 9.59 Å². The van der Waals surface area contributed by atoms with Crippen LogP contribution in [0.1, 0.15) is 17.3 Å². The minimum absolute atomic E-state index is 0.125. The lowest BCUT2D eigenvalue weighted by atomic mass is 10.1. The topological polar surface area (TPSA) is 67.9 Å². The fourth-order valence-corrected chi connectivity index (χ4v) is 2.85. The van der Waals surface area contributed by atoms with E-state index in [0.29, 0.717) is 48.3 Å². The largest absolute Gasteiger partial charge is 0.481 e. The van der Waals surface area contributed by atoms with Crippen molar-refractivity contribution in [1.82, 2.24) is 4.90 Å². The molecule has 1 aliphatic heterocycles. The van der Waals surface area contributed by atoms with Crippen LogP contribution in [0.3, 0.4) is 0 Å². The molecule has 0 spiro atoms. The number of para-hydroxylation sites is 1. The zero-order chi connectivity index (χ0) is 19.2. The molecule has 2 amide bonds. The highest BCUT2D eigenvalue weighted by molar-refractivity contribution is 6.30. The molecule has 0 aliphatic carbocycles. The van der Waals surface area contributed by atoms with E-state index < -0.39 is 6.10 Å². The van der Waals surface area contributed by atoms with Crippen molar-refractivity contribution in [1.29, 1.82) is 0 Å². The summed E-state index contributed by atoms with van der Waals surface area (Å²) >= 11 is 5.85. The second-order valence-corrected chi connectivity index (χ2v) is 6.59. The number of ether oxygens (including phenoxy) is 2. The summed E-state index contributed by atoms with van der Waals surface area (Å²) in [6.45, 7) is 3.77. The van der Waals surface area contributed by atoms with Crippen molar-refractivity contribution in [3.8, 4) is 5.75 Å². The van der Waals surface area contributed by atoms with E-state index in [9.17, 15) is 9.59 Å². The monoisotopic (exact) mass is 388 g/mol. The van der Waals surface area contributed by atoms with Gasteiger partial charge in [-0.2, -0.15) is 0 Å². The van der Waals surface area contributed by atoms with Gasteiger partial charge in [0.05, 0.1) is 24.5 Å². The average Bonchev–Trinajstić information content (AvgIpc) is 2.70. The molecule has 0 aromatic heterocycles. The third-order valence-electron chi connectivity index (χ3n) is 4.21. The summed E-state index contributed by atoms with van der Waals surface area (Å²) in [7, 11) is 0. The Morgan fingerprint density at radius 1 is 1.11 bits per heavy atom. The molecular weight excluding hydrogens is 368 g/mol. The summed E-state index contributed by atoms with van der Waals surface area (Å²) in [5.74, 6) is 0.0763. The van der Waals surface area contributed by atoms with E-state index in [-0.39, 0.29) is 11.8 Å². The van der Waals surface area contributed by atoms with Crippen molar-refractivity contribution in [2.45, 2.75) is 13.0 Å². The Labute approximate surface area is 163 Å². The minimum atomic E-state index is -0.738. The molecule has 6 nitrogen and oxygen atoms in total. The van der Waals surface area contributed by atoms with Gasteiger partial charge in [0.1, 0.15) is 5.75 Å². The smallest absolute Gasteiger partial charge is 0.265 e. The third-order valence-corrected chi connectivity index (χ3v) is 4.46. The number of halogens is 1. The van der Waals surface area contributed by atoms with Crippen molar-refractivity contribution in [3.63, 3.8) is 0 Å². The molecule has 1 fully saturated rings. The molecule has 0 radical (unpaired) electrons. The quantitative estimate of drug-likeness (QED) is 0.854. The molecule has 1 heterocycles. The Morgan fingerprint density at radius 2 is 1.78 bits per heavy atom. The molecule has 27 heavy (non-hydrogen) atoms. The molecule has 1 unspecified atom stereocenters. The molecule has 1 N–H and O–H groups in total. The zero-order valence-electron chi connectivity index (χ0n) is 15.0. The molecule has 1 aliphatic rings. The van der Waals surface area contributed by atoms with E-state index in [2.05, 4.69) is 5.32 Å². The summed E-state index contributed by atoms with van der Waals surface area (Å²) in [5, 5.41) is 3.39. The van der Waals surface area contributed by atoms with Crippen LogP contribution in [-0.4, -0.2) is 49.1 Å². The molecule has 1 atom stereocenters. The highest BCUT2D eigenvalue weighted by Gasteiger charge is 2.23. The average molecular weight is 389 g/mol. The van der Waals surface area contributed by atoms with E-state index in [1.807, 2.05) is 0 Å². The number of hydrogen-bond acceptors (Lipinski definition) is 4. The van der Waals surface area contributed by atoms with Crippen LogP contribution in [0.25, 0.3) is 0 Å². The highest BCUT2D eigenvalue weighted by Crippen LogP contribution is 2.20. The number of nitrogens with zero attached hydrogens (tertiary/aromatic N) is 1. The Kier molecular flexibility index (Phi) is 6.32. The van der Waals surface area contributed by atoms with Crippen LogP contribution in [0.2, 0.25) is 5.02 Å². The SMILES string of the molecule is CC(Oc1ccc(Cl)cc1)C(=O)Nc1ccccc1C(=O)N1CCOCC1. The minimum Gasteiger partial charge on any atom is -0.481 e. The van der Waals surface area contributed by atoms with E-state index in [1.165, 1.54) is 0 Å². The van der Waals surface area contributed by atoms with Gasteiger partial charge in [0.15, 0.2) is 6.10 Å². The molecule has 2 aromatic rings. The van der Waals surface area contributed by atoms with Crippen molar-refractivity contribution >= 4 is 29.1 Å². The van der Waals surface area contributed by atoms with E-state index >= 15 is 0 Å². The lowest BCUT2D eigenvalue weighted by molar-refractivity contribution is -0.122. The summed E-state index contributed by atoms with van der Waals surface area (Å²) < 4.78 is 10.9. The number of amides is 2. The predicted molar refractivity (Wildman–Crippen MR) is 103 cm³/mol. The molecule has 0 saturated carbocycles. The first-order valence-corrected chi connectivity index (χ1v) is 9.11. The van der Waals surface area contributed by atoms with Gasteiger partial charge in [0.2, 0.25) is 0 Å². The van der Waals surface area contributed by atoms with E-state index in [4.69, 9.17) is 21.1 Å². The number of hydrogen-bond donors (Lipinski definition) is 1. The summed E-state index contributed by atoms with van der Waals surface area (Å²) in [6.07, 6.45) is -0.738. The summed E-state index contributed by atoms with van der Waals surface area (Å²) in [5.41, 5.74) is 0.914. The fourth-order valence-electron chi connectivity index (χ4n) is 2.72. The summed E-state index contributed by atoms with van der Waals surface area (Å²) in [6, 6.07) is 13.7. The standard InChI is InChI=1S/C20H21ClN2O4/c1-14(27-16-8-6-15(21)7-9-16)19(24)22-18-5-3-2-4-17(18)20(25)23-10-12-26-13-11-23/h2-9,14H,10-13H2,1H3,(H,22,24). The molecule has 3 rings (SSSR count). The van der Waals surface area contributed by atoms with Crippen LogP contribution in [-0.2, 0) is 9.53 Å². The van der Waals surface area contributed by atoms with Crippen LogP contribution in [0, 0.1) is 0 Å². The van der Waals surface area contributed by atoms with Gasteiger partial charge in [-0.15, -0.1) is 0 Å². The maximum absolute atomic E-state index is 12.8. The third kappa shape index (κ3) is 4.99. The number of carbonyl (C=O) groups is 2. The van der Waals surface area contributed by atoms with Crippen molar-refractivity contribution in [2.24, 2.45) is 0 Å². The number of benzene rings is 2. The lowest BCUT2D eigenvalue weighted by Crippen LogP contribution is -2.41. The molecular formula is C20H21ClN2O4. The van der Waals surface area contributed by atoms with Gasteiger partial charge < -0.3 is 19.7 Å². The normalized spacial score (nSPS) is 15.1. The summed E-state index contributed by atoms with van der Waals surface area (Å²) in [4.78, 5) is 27.0. The lowest BCUT2D eigenvalue weighted by Gasteiger charge is -2.27. The number of carbonyl (C=O) groups excluding carboxylic acids is 2. The number of rotatable bonds is 5. The highest BCUT2D eigenvalue weighted by atomic mass is 35.5. The van der Waals surface area contributed by atoms with E-state index in [1.54, 1.807) is 60.4 Å². The van der Waals surface area contributed by atoms with Gasteiger partial charge in [-0.05, 0) is 43.3 Å². The fraction of sp³-hybridized carbons (Fsp3) is 0.300. The van der Waals surface area contributed by atoms with Gasteiger partial charge in [0, 0.05) is 18.1 Å². The molecule has 7 heteroatoms. The number of nitrogens with one attached hydrogen (secondary N) is 1. The Hall–Kier alpha value is -2.57. The van der Waals surface area contributed by atoms with Gasteiger partial charge in [-0.1, -0.05) is 23.7 Å². The van der Waals surface area contributed by atoms with Gasteiger partial charge in [-0.25, -0.2) is 0 Å². The zero-order valence-corrected chi connectivity index (χ0v) is 15.7. The van der Waals surface area contributed by atoms with E-state index in [0.717, 1.165) is 0 Å². The van der Waals surface area contributed by atoms with Crippen molar-refractivity contribution in [3.05, 3.63) is 59.1 Å². The van der Waals surface area contributed by atoms with Crippen LogP contribution in [0.5, 0.6) is 5.75 Å². The maximum Gasteiger partial charge on any atom is 0.265 e. The Bertz CT molecular complexity index is 804. The van der Waals surface area contributed by atoms with Crippen LogP contribution in [0.15, 0.2) is 48.5 Å². The number of morpholine rings is 1. The molecule has 2 aromatic carbocycles. The van der Waals surface area contributed by atoms with Crippen LogP contribution < -0.4 is 10.1 Å². The first kappa shape index (κ1) is 19.2. The van der Waals surface area contributed by atoms with Crippen molar-refractivity contribution < 1.29 is 19.1 Å².